The van der Waals surface area contributed by atoms with Gasteiger partial charge in [0.25, 0.3) is 5.91 Å². The average Bonchev–Trinajstić information content (AvgIpc) is 2.89. The van der Waals surface area contributed by atoms with Gasteiger partial charge in [-0.05, 0) is 60.5 Å². The van der Waals surface area contributed by atoms with Crippen LogP contribution >= 0.6 is 0 Å². The summed E-state index contributed by atoms with van der Waals surface area (Å²) in [7, 11) is 1.60. The second-order valence-electron chi connectivity index (χ2n) is 8.45. The van der Waals surface area contributed by atoms with Gasteiger partial charge in [0.1, 0.15) is 11.6 Å². The van der Waals surface area contributed by atoms with Crippen LogP contribution in [0.2, 0.25) is 0 Å². The molecule has 0 unspecified atom stereocenters. The largest absolute Gasteiger partial charge is 0.497 e. The van der Waals surface area contributed by atoms with Gasteiger partial charge in [-0.1, -0.05) is 54.6 Å². The summed E-state index contributed by atoms with van der Waals surface area (Å²) in [5.74, 6) is 0.130. The second-order valence-corrected chi connectivity index (χ2v) is 8.45. The highest BCUT2D eigenvalue weighted by Crippen LogP contribution is 2.45. The highest BCUT2D eigenvalue weighted by atomic mass is 16.5. The lowest BCUT2D eigenvalue weighted by Crippen LogP contribution is -2.46. The maximum absolute atomic E-state index is 13.9. The van der Waals surface area contributed by atoms with E-state index in [0.717, 1.165) is 11.3 Å². The van der Waals surface area contributed by atoms with Gasteiger partial charge in [0.2, 0.25) is 5.91 Å². The maximum atomic E-state index is 13.9. The van der Waals surface area contributed by atoms with Gasteiger partial charge >= 0.3 is 0 Å². The third-order valence-electron chi connectivity index (χ3n) is 6.25. The number of fused-ring (bicyclic) bond motifs is 1. The molecule has 1 N–H and O–H groups in total. The van der Waals surface area contributed by atoms with Gasteiger partial charge in [-0.2, -0.15) is 0 Å². The number of ether oxygens (including phenoxy) is 1. The minimum Gasteiger partial charge on any atom is -0.497 e. The predicted molar refractivity (Wildman–Crippen MR) is 136 cm³/mol. The molecule has 6 heteroatoms. The van der Waals surface area contributed by atoms with E-state index in [1.54, 1.807) is 24.1 Å². The van der Waals surface area contributed by atoms with Crippen molar-refractivity contribution in [3.63, 3.8) is 0 Å². The standard InChI is InChI=1S/C29H25N3O3/c1-19-9-8-14-25(30-19)31-28(33)26-23-12-6-7-13-24(23)29(34)32(21-15-17-22(35-2)18-16-21)27(26)20-10-4-3-5-11-20/h3-18,26-27H,1-2H3,(H,30,31,33)/t26-,27+/m0/s1. The topological polar surface area (TPSA) is 71.5 Å². The van der Waals surface area contributed by atoms with Crippen molar-refractivity contribution in [1.29, 1.82) is 0 Å². The Hall–Kier alpha value is -4.45. The Morgan fingerprint density at radius 1 is 0.886 bits per heavy atom. The first-order chi connectivity index (χ1) is 17.1. The Balaban J connectivity index is 1.67. The molecule has 0 aliphatic carbocycles. The van der Waals surface area contributed by atoms with E-state index in [2.05, 4.69) is 10.3 Å². The number of amides is 2. The highest BCUT2D eigenvalue weighted by molar-refractivity contribution is 6.12. The summed E-state index contributed by atoms with van der Waals surface area (Å²) >= 11 is 0. The number of hydrogen-bond donors (Lipinski definition) is 1. The number of aryl methyl sites for hydroxylation is 1. The van der Waals surface area contributed by atoms with Crippen molar-refractivity contribution < 1.29 is 14.3 Å². The van der Waals surface area contributed by atoms with Gasteiger partial charge in [-0.3, -0.25) is 14.5 Å². The number of rotatable bonds is 5. The molecule has 2 atom stereocenters. The zero-order chi connectivity index (χ0) is 24.4. The summed E-state index contributed by atoms with van der Waals surface area (Å²) in [6.45, 7) is 1.88. The first kappa shape index (κ1) is 22.3. The molecular weight excluding hydrogens is 438 g/mol. The van der Waals surface area contributed by atoms with Gasteiger partial charge in [-0.25, -0.2) is 4.98 Å². The molecule has 6 nitrogen and oxygen atoms in total. The van der Waals surface area contributed by atoms with Crippen LogP contribution in [0, 0.1) is 6.92 Å². The van der Waals surface area contributed by atoms with Crippen molar-refractivity contribution >= 4 is 23.3 Å². The van der Waals surface area contributed by atoms with E-state index in [1.807, 2.05) is 91.9 Å². The van der Waals surface area contributed by atoms with E-state index < -0.39 is 12.0 Å². The monoisotopic (exact) mass is 463 g/mol. The molecule has 2 heterocycles. The van der Waals surface area contributed by atoms with Crippen molar-refractivity contribution in [2.24, 2.45) is 0 Å². The molecule has 0 spiro atoms. The Morgan fingerprint density at radius 3 is 2.31 bits per heavy atom. The summed E-state index contributed by atoms with van der Waals surface area (Å²) in [5, 5.41) is 2.99. The molecule has 4 aromatic rings. The number of hydrogen-bond acceptors (Lipinski definition) is 4. The summed E-state index contributed by atoms with van der Waals surface area (Å²) in [4.78, 5) is 33.9. The van der Waals surface area contributed by atoms with Crippen LogP contribution in [0.5, 0.6) is 5.75 Å². The third-order valence-corrected chi connectivity index (χ3v) is 6.25. The maximum Gasteiger partial charge on any atom is 0.259 e. The zero-order valence-electron chi connectivity index (χ0n) is 19.5. The molecular formula is C29H25N3O3. The van der Waals surface area contributed by atoms with Crippen molar-refractivity contribution in [2.45, 2.75) is 18.9 Å². The normalized spacial score (nSPS) is 17.0. The first-order valence-corrected chi connectivity index (χ1v) is 11.4. The van der Waals surface area contributed by atoms with E-state index in [9.17, 15) is 9.59 Å². The second kappa shape index (κ2) is 9.43. The van der Waals surface area contributed by atoms with Crippen LogP contribution in [-0.2, 0) is 4.79 Å². The zero-order valence-corrected chi connectivity index (χ0v) is 19.5. The molecule has 2 amide bonds. The molecule has 0 saturated heterocycles. The van der Waals surface area contributed by atoms with E-state index in [0.29, 0.717) is 28.4 Å². The number of pyridine rings is 1. The highest BCUT2D eigenvalue weighted by Gasteiger charge is 2.44. The Labute approximate surface area is 204 Å². The van der Waals surface area contributed by atoms with Gasteiger partial charge in [0.05, 0.1) is 19.1 Å². The minimum atomic E-state index is -0.657. The van der Waals surface area contributed by atoms with Crippen molar-refractivity contribution in [3.05, 3.63) is 119 Å². The van der Waals surface area contributed by atoms with E-state index >= 15 is 0 Å². The number of carbonyl (C=O) groups excluding carboxylic acids is 2. The number of carbonyl (C=O) groups is 2. The third kappa shape index (κ3) is 4.26. The van der Waals surface area contributed by atoms with Crippen LogP contribution in [0.15, 0.2) is 97.1 Å². The summed E-state index contributed by atoms with van der Waals surface area (Å²) in [6.07, 6.45) is 0. The SMILES string of the molecule is COc1ccc(N2C(=O)c3ccccc3[C@H](C(=O)Nc3cccc(C)n3)[C@H]2c2ccccc2)cc1. The summed E-state index contributed by atoms with van der Waals surface area (Å²) in [6, 6.07) is 29.3. The van der Waals surface area contributed by atoms with Crippen molar-refractivity contribution in [2.75, 3.05) is 17.3 Å². The number of nitrogens with one attached hydrogen (secondary N) is 1. The van der Waals surface area contributed by atoms with Crippen LogP contribution < -0.4 is 15.0 Å². The summed E-state index contributed by atoms with van der Waals surface area (Å²) < 4.78 is 5.31. The molecule has 5 rings (SSSR count). The number of nitrogens with zero attached hydrogens (tertiary/aromatic N) is 2. The van der Waals surface area contributed by atoms with Gasteiger partial charge in [0, 0.05) is 16.9 Å². The molecule has 1 aliphatic rings. The average molecular weight is 464 g/mol. The minimum absolute atomic E-state index is 0.155. The molecule has 35 heavy (non-hydrogen) atoms. The molecule has 0 fully saturated rings. The lowest BCUT2D eigenvalue weighted by molar-refractivity contribution is -0.118. The van der Waals surface area contributed by atoms with Crippen molar-refractivity contribution in [3.8, 4) is 5.75 Å². The van der Waals surface area contributed by atoms with Crippen molar-refractivity contribution in [1.82, 2.24) is 4.98 Å². The molecule has 1 aromatic heterocycles. The molecule has 1 aliphatic heterocycles. The summed E-state index contributed by atoms with van der Waals surface area (Å²) in [5.41, 5.74) is 3.56. The number of anilines is 2. The van der Waals surface area contributed by atoms with Crippen LogP contribution in [0.4, 0.5) is 11.5 Å². The number of aromatic nitrogens is 1. The van der Waals surface area contributed by atoms with Gasteiger partial charge < -0.3 is 10.1 Å². The van der Waals surface area contributed by atoms with E-state index in [1.165, 1.54) is 0 Å². The smallest absolute Gasteiger partial charge is 0.259 e. The van der Waals surface area contributed by atoms with E-state index in [-0.39, 0.29) is 11.8 Å². The molecule has 0 saturated carbocycles. The molecule has 3 aromatic carbocycles. The molecule has 174 valence electrons. The number of methoxy groups -OCH3 is 1. The number of benzene rings is 3. The van der Waals surface area contributed by atoms with Gasteiger partial charge in [-0.15, -0.1) is 0 Å². The lowest BCUT2D eigenvalue weighted by Gasteiger charge is -2.41. The fourth-order valence-electron chi connectivity index (χ4n) is 4.65. The van der Waals surface area contributed by atoms with Gasteiger partial charge in [0.15, 0.2) is 0 Å². The van der Waals surface area contributed by atoms with Crippen LogP contribution in [0.3, 0.4) is 0 Å². The van der Waals surface area contributed by atoms with Crippen LogP contribution in [0.1, 0.15) is 39.1 Å². The Morgan fingerprint density at radius 2 is 1.60 bits per heavy atom. The predicted octanol–water partition coefficient (Wildman–Crippen LogP) is 5.52. The Kier molecular flexibility index (Phi) is 6.02. The lowest BCUT2D eigenvalue weighted by atomic mass is 9.79. The van der Waals surface area contributed by atoms with Crippen LogP contribution in [-0.4, -0.2) is 23.9 Å². The first-order valence-electron chi connectivity index (χ1n) is 11.4. The van der Waals surface area contributed by atoms with E-state index in [4.69, 9.17) is 4.74 Å². The van der Waals surface area contributed by atoms with Crippen LogP contribution in [0.25, 0.3) is 0 Å². The fraction of sp³-hybridized carbons (Fsp3) is 0.138. The quantitative estimate of drug-likeness (QED) is 0.423. The molecule has 0 bridgehead atoms. The molecule has 0 radical (unpaired) electrons. The fourth-order valence-corrected chi connectivity index (χ4v) is 4.65. The Bertz CT molecular complexity index is 1370.